The number of anilines is 2. The van der Waals surface area contributed by atoms with E-state index in [-0.39, 0.29) is 35.0 Å². The molecule has 0 aliphatic carbocycles. The van der Waals surface area contributed by atoms with Gasteiger partial charge < -0.3 is 14.2 Å². The highest BCUT2D eigenvalue weighted by Gasteiger charge is 2.28. The van der Waals surface area contributed by atoms with E-state index in [4.69, 9.17) is 20.9 Å². The van der Waals surface area contributed by atoms with Gasteiger partial charge in [0.05, 0.1) is 11.5 Å². The number of nitro benzene ring substituents is 1. The van der Waals surface area contributed by atoms with Crippen LogP contribution in [-0.4, -0.2) is 42.7 Å². The van der Waals surface area contributed by atoms with Gasteiger partial charge in [0.15, 0.2) is 5.56 Å². The predicted octanol–water partition coefficient (Wildman–Crippen LogP) is 4.40. The van der Waals surface area contributed by atoms with Crippen molar-refractivity contribution in [2.24, 2.45) is 0 Å². The molecule has 1 heterocycles. The molecule has 2 aromatic carbocycles. The van der Waals surface area contributed by atoms with E-state index in [1.807, 2.05) is 0 Å². The van der Waals surface area contributed by atoms with E-state index in [1.165, 1.54) is 12.1 Å². The summed E-state index contributed by atoms with van der Waals surface area (Å²) in [5, 5.41) is 18.3. The molecule has 32 heavy (non-hydrogen) atoms. The lowest BCUT2D eigenvalue weighted by Gasteiger charge is -2.13. The summed E-state index contributed by atoms with van der Waals surface area (Å²) in [6, 6.07) is 10.5. The number of amides is 1. The minimum absolute atomic E-state index is 0.00144. The number of rotatable bonds is 7. The van der Waals surface area contributed by atoms with E-state index in [0.717, 1.165) is 6.07 Å². The molecule has 10 nitrogen and oxygen atoms in total. The summed E-state index contributed by atoms with van der Waals surface area (Å²) in [6.07, 6.45) is 0. The Kier molecular flexibility index (Phi) is 6.74. The van der Waals surface area contributed by atoms with E-state index in [9.17, 15) is 19.7 Å². The van der Waals surface area contributed by atoms with Crippen LogP contribution in [0.25, 0.3) is 11.3 Å². The fourth-order valence-electron chi connectivity index (χ4n) is 2.94. The van der Waals surface area contributed by atoms with Crippen LogP contribution in [0.15, 0.2) is 47.0 Å². The van der Waals surface area contributed by atoms with Gasteiger partial charge in [0.2, 0.25) is 5.88 Å². The van der Waals surface area contributed by atoms with Crippen LogP contribution in [0.2, 0.25) is 5.02 Å². The molecule has 1 aromatic heterocycles. The first-order valence-electron chi connectivity index (χ1n) is 9.42. The second-order valence-electron chi connectivity index (χ2n) is 6.77. The first kappa shape index (κ1) is 22.8. The fourth-order valence-corrected chi connectivity index (χ4v) is 3.06. The Morgan fingerprint density at radius 1 is 1.22 bits per heavy atom. The Balaban J connectivity index is 1.99. The van der Waals surface area contributed by atoms with Crippen LogP contribution in [0.5, 0.6) is 0 Å². The largest absolute Gasteiger partial charge is 0.462 e. The first-order valence-corrected chi connectivity index (χ1v) is 9.80. The minimum Gasteiger partial charge on any atom is -0.462 e. The highest BCUT2D eigenvalue weighted by molar-refractivity contribution is 6.30. The van der Waals surface area contributed by atoms with E-state index >= 15 is 0 Å². The third-order valence-corrected chi connectivity index (χ3v) is 4.68. The van der Waals surface area contributed by atoms with Gasteiger partial charge in [-0.2, -0.15) is 0 Å². The second-order valence-corrected chi connectivity index (χ2v) is 7.21. The number of halogens is 1. The lowest BCUT2D eigenvalue weighted by molar-refractivity contribution is -0.384. The molecule has 0 saturated heterocycles. The maximum atomic E-state index is 12.8. The zero-order valence-corrected chi connectivity index (χ0v) is 18.2. The number of esters is 1. The van der Waals surface area contributed by atoms with Crippen molar-refractivity contribution in [1.82, 2.24) is 5.16 Å². The van der Waals surface area contributed by atoms with Gasteiger partial charge in [-0.05, 0) is 31.2 Å². The Bertz CT molecular complexity index is 1170. The van der Waals surface area contributed by atoms with Crippen LogP contribution in [0.4, 0.5) is 17.3 Å². The molecule has 0 aliphatic heterocycles. The summed E-state index contributed by atoms with van der Waals surface area (Å²) >= 11 is 5.92. The van der Waals surface area contributed by atoms with E-state index in [0.29, 0.717) is 16.3 Å². The number of carbonyl (C=O) groups is 2. The Labute approximate surface area is 187 Å². The van der Waals surface area contributed by atoms with Gasteiger partial charge in [-0.15, -0.1) is 0 Å². The maximum absolute atomic E-state index is 12.8. The SMILES string of the molecule is CCOC(=O)c1c(-c2ccc(Cl)cc2)noc1NC(=O)c1ccc(N(C)C)c([N+](=O)[O-])c1. The van der Waals surface area contributed by atoms with Crippen molar-refractivity contribution in [3.05, 3.63) is 68.7 Å². The molecule has 0 bridgehead atoms. The number of hydrogen-bond donors (Lipinski definition) is 1. The lowest BCUT2D eigenvalue weighted by Crippen LogP contribution is -2.16. The van der Waals surface area contributed by atoms with Crippen molar-refractivity contribution < 1.29 is 23.8 Å². The first-order chi connectivity index (χ1) is 15.2. The molecule has 0 aliphatic rings. The third kappa shape index (κ3) is 4.70. The molecule has 0 unspecified atom stereocenters. The van der Waals surface area contributed by atoms with E-state index in [2.05, 4.69) is 10.5 Å². The molecule has 0 spiro atoms. The summed E-state index contributed by atoms with van der Waals surface area (Å²) in [7, 11) is 3.31. The normalized spacial score (nSPS) is 10.5. The average molecular weight is 459 g/mol. The Hall–Kier alpha value is -3.92. The van der Waals surface area contributed by atoms with Crippen LogP contribution in [0.3, 0.4) is 0 Å². The second kappa shape index (κ2) is 9.48. The Morgan fingerprint density at radius 2 is 1.91 bits per heavy atom. The molecule has 0 fully saturated rings. The van der Waals surface area contributed by atoms with E-state index < -0.39 is 16.8 Å². The summed E-state index contributed by atoms with van der Waals surface area (Å²) in [5.41, 5.74) is 0.691. The molecule has 3 aromatic rings. The third-order valence-electron chi connectivity index (χ3n) is 4.43. The number of hydrogen-bond acceptors (Lipinski definition) is 8. The standard InChI is InChI=1S/C21H19ClN4O6/c1-4-31-21(28)17-18(12-5-8-14(22)9-6-12)24-32-20(17)23-19(27)13-7-10-15(25(2)3)16(11-13)26(29)30/h5-11H,4H2,1-3H3,(H,23,27). The Morgan fingerprint density at radius 3 is 2.50 bits per heavy atom. The van der Waals surface area contributed by atoms with Gasteiger partial charge in [0, 0.05) is 36.3 Å². The zero-order valence-electron chi connectivity index (χ0n) is 17.4. The predicted molar refractivity (Wildman–Crippen MR) is 118 cm³/mol. The molecular formula is C21H19ClN4O6. The van der Waals surface area contributed by atoms with Gasteiger partial charge in [-0.3, -0.25) is 20.2 Å². The van der Waals surface area contributed by atoms with Crippen molar-refractivity contribution in [3.63, 3.8) is 0 Å². The van der Waals surface area contributed by atoms with Gasteiger partial charge in [0.25, 0.3) is 11.6 Å². The molecule has 0 radical (unpaired) electrons. The van der Waals surface area contributed by atoms with Crippen molar-refractivity contribution in [3.8, 4) is 11.3 Å². The van der Waals surface area contributed by atoms with Crippen LogP contribution in [0.1, 0.15) is 27.6 Å². The lowest BCUT2D eigenvalue weighted by atomic mass is 10.1. The number of benzene rings is 2. The van der Waals surface area contributed by atoms with Crippen molar-refractivity contribution in [2.45, 2.75) is 6.92 Å². The highest BCUT2D eigenvalue weighted by Crippen LogP contribution is 2.32. The number of ether oxygens (including phenoxy) is 1. The van der Waals surface area contributed by atoms with Crippen LogP contribution in [0, 0.1) is 10.1 Å². The van der Waals surface area contributed by atoms with Crippen molar-refractivity contribution in [2.75, 3.05) is 30.9 Å². The van der Waals surface area contributed by atoms with Crippen LogP contribution in [-0.2, 0) is 4.74 Å². The van der Waals surface area contributed by atoms with Crippen molar-refractivity contribution in [1.29, 1.82) is 0 Å². The number of aromatic nitrogens is 1. The number of nitrogens with zero attached hydrogens (tertiary/aromatic N) is 3. The van der Waals surface area contributed by atoms with Crippen molar-refractivity contribution >= 4 is 40.7 Å². The number of nitro groups is 1. The molecule has 0 saturated carbocycles. The smallest absolute Gasteiger partial charge is 0.346 e. The van der Waals surface area contributed by atoms with Gasteiger partial charge in [-0.1, -0.05) is 28.9 Å². The van der Waals surface area contributed by atoms with Gasteiger partial charge >= 0.3 is 5.97 Å². The molecule has 1 N–H and O–H groups in total. The van der Waals surface area contributed by atoms with Crippen LogP contribution < -0.4 is 10.2 Å². The quantitative estimate of drug-likeness (QED) is 0.313. The number of nitrogens with one attached hydrogen (secondary N) is 1. The fraction of sp³-hybridized carbons (Fsp3) is 0.190. The number of carbonyl (C=O) groups excluding carboxylic acids is 2. The van der Waals surface area contributed by atoms with E-state index in [1.54, 1.807) is 50.2 Å². The zero-order chi connectivity index (χ0) is 23.4. The topological polar surface area (TPSA) is 128 Å². The maximum Gasteiger partial charge on any atom is 0.346 e. The molecular weight excluding hydrogens is 440 g/mol. The molecule has 1 amide bonds. The minimum atomic E-state index is -0.747. The van der Waals surface area contributed by atoms with Gasteiger partial charge in [-0.25, -0.2) is 4.79 Å². The molecule has 3 rings (SSSR count). The van der Waals surface area contributed by atoms with Gasteiger partial charge in [0.1, 0.15) is 11.4 Å². The molecule has 11 heteroatoms. The monoisotopic (exact) mass is 458 g/mol. The van der Waals surface area contributed by atoms with Crippen LogP contribution >= 0.6 is 11.6 Å². The summed E-state index contributed by atoms with van der Waals surface area (Å²) in [6.45, 7) is 1.73. The molecule has 166 valence electrons. The average Bonchev–Trinajstić information content (AvgIpc) is 3.17. The summed E-state index contributed by atoms with van der Waals surface area (Å²) in [4.78, 5) is 37.8. The summed E-state index contributed by atoms with van der Waals surface area (Å²) < 4.78 is 10.3. The summed E-state index contributed by atoms with van der Waals surface area (Å²) in [5.74, 6) is -1.71. The highest BCUT2D eigenvalue weighted by atomic mass is 35.5. The molecule has 0 atom stereocenters.